The minimum Gasteiger partial charge on any atom is -0.508 e. The van der Waals surface area contributed by atoms with Crippen LogP contribution in [0.3, 0.4) is 0 Å². The number of phenolic OH excluding ortho intramolecular Hbond substituents is 3. The van der Waals surface area contributed by atoms with Gasteiger partial charge in [0.15, 0.2) is 5.78 Å². The summed E-state index contributed by atoms with van der Waals surface area (Å²) in [5.41, 5.74) is -0.248. The normalized spacial score (nSPS) is 27.1. The van der Waals surface area contributed by atoms with Crippen LogP contribution in [-0.2, 0) is 11.2 Å². The van der Waals surface area contributed by atoms with Crippen molar-refractivity contribution in [2.45, 2.75) is 43.0 Å². The van der Waals surface area contributed by atoms with E-state index in [0.717, 1.165) is 12.1 Å². The van der Waals surface area contributed by atoms with E-state index >= 15 is 0 Å². The summed E-state index contributed by atoms with van der Waals surface area (Å²) in [6, 6.07) is 7.95. The minimum atomic E-state index is -1.79. The fourth-order valence-electron chi connectivity index (χ4n) is 3.54. The van der Waals surface area contributed by atoms with E-state index in [1.165, 1.54) is 24.3 Å². The molecule has 1 heterocycles. The van der Waals surface area contributed by atoms with Gasteiger partial charge in [-0.1, -0.05) is 12.1 Å². The molecule has 0 saturated carbocycles. The van der Waals surface area contributed by atoms with Gasteiger partial charge >= 0.3 is 0 Å². The lowest BCUT2D eigenvalue weighted by atomic mass is 9.88. The molecule has 2 aromatic rings. The van der Waals surface area contributed by atoms with E-state index < -0.39 is 66.1 Å². The van der Waals surface area contributed by atoms with Gasteiger partial charge in [0, 0.05) is 6.42 Å². The molecule has 0 bridgehead atoms. The molecule has 1 fully saturated rings. The lowest BCUT2D eigenvalue weighted by Gasteiger charge is -2.40. The van der Waals surface area contributed by atoms with Crippen LogP contribution in [0.1, 0.15) is 27.6 Å². The van der Waals surface area contributed by atoms with Gasteiger partial charge in [0.05, 0.1) is 17.7 Å². The number of ketones is 1. The molecule has 6 atom stereocenters. The molecule has 1 unspecified atom stereocenters. The lowest BCUT2D eigenvalue weighted by molar-refractivity contribution is -0.232. The molecular formula is C21H24O10. The van der Waals surface area contributed by atoms with Crippen molar-refractivity contribution in [2.75, 3.05) is 6.61 Å². The van der Waals surface area contributed by atoms with Crippen LogP contribution >= 0.6 is 0 Å². The van der Waals surface area contributed by atoms with Crippen molar-refractivity contribution in [3.63, 3.8) is 0 Å². The molecule has 0 aromatic heterocycles. The van der Waals surface area contributed by atoms with Gasteiger partial charge in [0.2, 0.25) is 0 Å². The number of ether oxygens (including phenoxy) is 1. The summed E-state index contributed by atoms with van der Waals surface area (Å²) in [5.74, 6) is -2.20. The number of carbonyl (C=O) groups is 1. The summed E-state index contributed by atoms with van der Waals surface area (Å²) in [6.45, 7) is -0.715. The predicted molar refractivity (Wildman–Crippen MR) is 105 cm³/mol. The third kappa shape index (κ3) is 4.49. The van der Waals surface area contributed by atoms with Gasteiger partial charge in [-0.2, -0.15) is 0 Å². The Kier molecular flexibility index (Phi) is 6.80. The first-order valence-electron chi connectivity index (χ1n) is 9.51. The van der Waals surface area contributed by atoms with Gasteiger partial charge in [-0.25, -0.2) is 0 Å². The Labute approximate surface area is 176 Å². The Morgan fingerprint density at radius 3 is 2.19 bits per heavy atom. The maximum absolute atomic E-state index is 12.7. The Balaban J connectivity index is 1.91. The van der Waals surface area contributed by atoms with Gasteiger partial charge in [0.25, 0.3) is 0 Å². The van der Waals surface area contributed by atoms with Crippen LogP contribution < -0.4 is 0 Å². The summed E-state index contributed by atoms with van der Waals surface area (Å²) >= 11 is 0. The molecule has 168 valence electrons. The average Bonchev–Trinajstić information content (AvgIpc) is 2.74. The molecule has 10 nitrogen and oxygen atoms in total. The number of hydrogen-bond acceptors (Lipinski definition) is 10. The second-order valence-corrected chi connectivity index (χ2v) is 7.39. The Morgan fingerprint density at radius 2 is 1.58 bits per heavy atom. The van der Waals surface area contributed by atoms with Crippen molar-refractivity contribution >= 4 is 5.78 Å². The van der Waals surface area contributed by atoms with Crippen molar-refractivity contribution < 1.29 is 50.4 Å². The summed E-state index contributed by atoms with van der Waals surface area (Å²) in [7, 11) is 0. The van der Waals surface area contributed by atoms with Crippen molar-refractivity contribution in [3.05, 3.63) is 53.1 Å². The summed E-state index contributed by atoms with van der Waals surface area (Å²) < 4.78 is 5.35. The third-order valence-electron chi connectivity index (χ3n) is 5.30. The number of hydrogen-bond donors (Lipinski definition) is 8. The zero-order valence-corrected chi connectivity index (χ0v) is 16.2. The quantitative estimate of drug-likeness (QED) is 0.264. The molecule has 10 heteroatoms. The minimum absolute atomic E-state index is 0.0184. The summed E-state index contributed by atoms with van der Waals surface area (Å²) in [5, 5.41) is 80.0. The Hall–Kier alpha value is -2.73. The molecule has 0 spiro atoms. The number of phenols is 3. The van der Waals surface area contributed by atoms with Crippen molar-refractivity contribution in [1.29, 1.82) is 0 Å². The van der Waals surface area contributed by atoms with E-state index in [1.807, 2.05) is 0 Å². The first kappa shape index (κ1) is 22.9. The summed E-state index contributed by atoms with van der Waals surface area (Å²) in [4.78, 5) is 12.7. The maximum atomic E-state index is 12.7. The van der Waals surface area contributed by atoms with E-state index in [4.69, 9.17) is 4.74 Å². The maximum Gasteiger partial charge on any atom is 0.195 e. The highest BCUT2D eigenvalue weighted by molar-refractivity contribution is 6.02. The van der Waals surface area contributed by atoms with Crippen molar-refractivity contribution in [1.82, 2.24) is 0 Å². The number of aromatic hydroxyl groups is 3. The zero-order valence-electron chi connectivity index (χ0n) is 16.2. The molecule has 31 heavy (non-hydrogen) atoms. The van der Waals surface area contributed by atoms with Crippen molar-refractivity contribution in [2.24, 2.45) is 0 Å². The molecule has 0 amide bonds. The van der Waals surface area contributed by atoms with Crippen LogP contribution in [0, 0.1) is 0 Å². The number of aliphatic hydroxyl groups excluding tert-OH is 5. The largest absolute Gasteiger partial charge is 0.508 e. The molecule has 3 rings (SSSR count). The fourth-order valence-corrected chi connectivity index (χ4v) is 3.54. The molecule has 1 saturated heterocycles. The lowest BCUT2D eigenvalue weighted by Crippen LogP contribution is -2.55. The second-order valence-electron chi connectivity index (χ2n) is 7.39. The molecule has 2 aromatic carbocycles. The zero-order chi connectivity index (χ0) is 22.9. The van der Waals surface area contributed by atoms with Crippen LogP contribution in [0.4, 0.5) is 0 Å². The van der Waals surface area contributed by atoms with E-state index in [-0.39, 0.29) is 17.7 Å². The fraction of sp³-hybridized carbons (Fsp3) is 0.381. The molecule has 0 aliphatic carbocycles. The number of aliphatic hydroxyl groups is 5. The highest BCUT2D eigenvalue weighted by atomic mass is 16.5. The summed E-state index contributed by atoms with van der Waals surface area (Å²) in [6.07, 6.45) is -9.73. The van der Waals surface area contributed by atoms with E-state index in [2.05, 4.69) is 0 Å². The topological polar surface area (TPSA) is 188 Å². The van der Waals surface area contributed by atoms with Gasteiger partial charge in [0.1, 0.15) is 53.9 Å². The Bertz CT molecular complexity index is 927. The molecule has 1 aliphatic rings. The second kappa shape index (κ2) is 9.18. The van der Waals surface area contributed by atoms with Crippen LogP contribution in [0.15, 0.2) is 36.4 Å². The first-order valence-corrected chi connectivity index (χ1v) is 9.51. The Morgan fingerprint density at radius 1 is 0.935 bits per heavy atom. The number of carbonyl (C=O) groups excluding carboxylic acids is 1. The monoisotopic (exact) mass is 436 g/mol. The molecular weight excluding hydrogens is 412 g/mol. The highest BCUT2D eigenvalue weighted by Gasteiger charge is 2.46. The molecule has 1 aliphatic heterocycles. The molecule has 8 N–H and O–H groups in total. The van der Waals surface area contributed by atoms with Crippen LogP contribution in [0.5, 0.6) is 17.2 Å². The third-order valence-corrected chi connectivity index (χ3v) is 5.30. The van der Waals surface area contributed by atoms with Crippen LogP contribution in [0.2, 0.25) is 0 Å². The first-order chi connectivity index (χ1) is 14.6. The smallest absolute Gasteiger partial charge is 0.195 e. The number of rotatable bonds is 6. The van der Waals surface area contributed by atoms with E-state index in [1.54, 1.807) is 0 Å². The average molecular weight is 436 g/mol. The SMILES string of the molecule is O=C(c1ccc(O)c([C@@H]2O[C@H](CO)[C@@H](O)[C@H](O)[C@H]2O)c1O)C(O)Cc1ccc(O)cc1. The number of Topliss-reactive ketones (excluding diaryl/α,β-unsaturated/α-hetero) is 1. The van der Waals surface area contributed by atoms with Gasteiger partial charge in [-0.15, -0.1) is 0 Å². The van der Waals surface area contributed by atoms with Gasteiger partial charge in [-0.05, 0) is 29.8 Å². The molecule has 0 radical (unpaired) electrons. The highest BCUT2D eigenvalue weighted by Crippen LogP contribution is 2.43. The predicted octanol–water partition coefficient (Wildman–Crippen LogP) is -0.895. The van der Waals surface area contributed by atoms with E-state index in [9.17, 15) is 45.6 Å². The van der Waals surface area contributed by atoms with Gasteiger partial charge < -0.3 is 45.6 Å². The number of benzene rings is 2. The van der Waals surface area contributed by atoms with Gasteiger partial charge in [-0.3, -0.25) is 4.79 Å². The van der Waals surface area contributed by atoms with E-state index in [0.29, 0.717) is 5.56 Å². The van der Waals surface area contributed by atoms with Crippen molar-refractivity contribution in [3.8, 4) is 17.2 Å². The van der Waals surface area contributed by atoms with Crippen LogP contribution in [0.25, 0.3) is 0 Å². The standard InChI is InChI=1S/C21H24O10/c22-8-14-18(28)19(29)20(30)21(31-14)15-12(24)6-5-11(17(15)27)16(26)13(25)7-9-1-3-10(23)4-2-9/h1-6,13-14,18-25,27-30H,7-8H2/t13?,14-,18-,19+,20-,21+/m1/s1. The van der Waals surface area contributed by atoms with Crippen LogP contribution in [-0.4, -0.2) is 83.8 Å².